The van der Waals surface area contributed by atoms with Gasteiger partial charge in [0.15, 0.2) is 6.29 Å². The Kier molecular flexibility index (Phi) is 12.5. The van der Waals surface area contributed by atoms with E-state index in [0.717, 1.165) is 49.1 Å². The van der Waals surface area contributed by atoms with Crippen molar-refractivity contribution in [3.05, 3.63) is 23.3 Å². The molecule has 1 aromatic carbocycles. The molecule has 3 nitrogen and oxygen atoms in total. The van der Waals surface area contributed by atoms with Crippen LogP contribution in [-0.4, -0.2) is 19.5 Å². The third-order valence-electron chi connectivity index (χ3n) is 7.58. The quantitative estimate of drug-likeness (QED) is 0.253. The van der Waals surface area contributed by atoms with E-state index in [1.54, 1.807) is 0 Å². The third-order valence-corrected chi connectivity index (χ3v) is 7.58. The number of carbonyl (C=O) groups is 1. The van der Waals surface area contributed by atoms with Crippen LogP contribution in [0.15, 0.2) is 12.1 Å². The minimum Gasteiger partial charge on any atom is -0.493 e. The predicted molar refractivity (Wildman–Crippen MR) is 144 cm³/mol. The molecular formula is C31H52O3. The summed E-state index contributed by atoms with van der Waals surface area (Å²) in [6, 6.07) is 4.06. The molecule has 3 atom stereocenters. The fourth-order valence-corrected chi connectivity index (χ4v) is 5.26. The molecule has 0 aliphatic carbocycles. The molecule has 0 spiro atoms. The van der Waals surface area contributed by atoms with Crippen molar-refractivity contribution in [3.63, 3.8) is 0 Å². The Morgan fingerprint density at radius 3 is 2.32 bits per heavy atom. The number of rotatable bonds is 14. The zero-order valence-electron chi connectivity index (χ0n) is 23.2. The van der Waals surface area contributed by atoms with Gasteiger partial charge in [-0.2, -0.15) is 0 Å². The van der Waals surface area contributed by atoms with Gasteiger partial charge in [-0.05, 0) is 66.9 Å². The van der Waals surface area contributed by atoms with Crippen LogP contribution in [0.25, 0.3) is 0 Å². The molecule has 1 aliphatic heterocycles. The summed E-state index contributed by atoms with van der Waals surface area (Å²) in [5, 5.41) is 0. The first-order chi connectivity index (χ1) is 16.2. The maximum atomic E-state index is 11.9. The second kappa shape index (κ2) is 14.8. The fourth-order valence-electron chi connectivity index (χ4n) is 5.26. The lowest BCUT2D eigenvalue weighted by Gasteiger charge is -2.32. The maximum absolute atomic E-state index is 11.9. The predicted octanol–water partition coefficient (Wildman–Crippen LogP) is 9.09. The average Bonchev–Trinajstić information content (AvgIpc) is 2.75. The van der Waals surface area contributed by atoms with Gasteiger partial charge in [-0.3, -0.25) is 4.79 Å². The molecule has 3 heteroatoms. The monoisotopic (exact) mass is 472 g/mol. The van der Waals surface area contributed by atoms with Crippen LogP contribution in [-0.2, 0) is 0 Å². The Bertz CT molecular complexity index is 722. The van der Waals surface area contributed by atoms with Crippen molar-refractivity contribution < 1.29 is 14.3 Å². The Morgan fingerprint density at radius 1 is 0.971 bits per heavy atom. The summed E-state index contributed by atoms with van der Waals surface area (Å²) in [7, 11) is 0. The average molecular weight is 473 g/mol. The van der Waals surface area contributed by atoms with Gasteiger partial charge in [0.2, 0.25) is 0 Å². The highest BCUT2D eigenvalue weighted by Crippen LogP contribution is 2.43. The van der Waals surface area contributed by atoms with Crippen LogP contribution in [0.3, 0.4) is 0 Å². The lowest BCUT2D eigenvalue weighted by Crippen LogP contribution is -2.20. The number of aldehydes is 1. The highest BCUT2D eigenvalue weighted by molar-refractivity contribution is 5.81. The summed E-state index contributed by atoms with van der Waals surface area (Å²) in [4.78, 5) is 11.9. The molecule has 0 radical (unpaired) electrons. The van der Waals surface area contributed by atoms with Crippen LogP contribution >= 0.6 is 0 Å². The van der Waals surface area contributed by atoms with Gasteiger partial charge in [-0.15, -0.1) is 0 Å². The first-order valence-corrected chi connectivity index (χ1v) is 14.1. The van der Waals surface area contributed by atoms with E-state index >= 15 is 0 Å². The maximum Gasteiger partial charge on any atom is 0.153 e. The Labute approximate surface area is 210 Å². The van der Waals surface area contributed by atoms with Gasteiger partial charge in [0.1, 0.15) is 11.5 Å². The van der Waals surface area contributed by atoms with Crippen LogP contribution in [0.2, 0.25) is 0 Å². The molecular weight excluding hydrogens is 420 g/mol. The fraction of sp³-hybridized carbons (Fsp3) is 0.774. The van der Waals surface area contributed by atoms with Gasteiger partial charge >= 0.3 is 0 Å². The molecule has 0 saturated heterocycles. The molecule has 34 heavy (non-hydrogen) atoms. The molecule has 0 amide bonds. The van der Waals surface area contributed by atoms with Gasteiger partial charge < -0.3 is 9.47 Å². The van der Waals surface area contributed by atoms with Crippen molar-refractivity contribution in [3.8, 4) is 11.5 Å². The van der Waals surface area contributed by atoms with Crippen molar-refractivity contribution in [1.29, 1.82) is 0 Å². The molecule has 3 unspecified atom stereocenters. The lowest BCUT2D eigenvalue weighted by atomic mass is 9.77. The molecule has 194 valence electrons. The molecule has 0 N–H and O–H groups in total. The van der Waals surface area contributed by atoms with Gasteiger partial charge in [0.25, 0.3) is 0 Å². The van der Waals surface area contributed by atoms with E-state index in [1.165, 1.54) is 50.5 Å². The van der Waals surface area contributed by atoms with Gasteiger partial charge in [0.05, 0.1) is 18.8 Å². The SMILES string of the molecule is CC(C)CCCC(C)CCOc1cc2c(cc1C=O)OCCC(CCCC(C)C)CC2C(C)C. The number of fused-ring (bicyclic) bond motifs is 1. The van der Waals surface area contributed by atoms with E-state index in [-0.39, 0.29) is 0 Å². The Hall–Kier alpha value is -1.51. The van der Waals surface area contributed by atoms with E-state index in [4.69, 9.17) is 9.47 Å². The van der Waals surface area contributed by atoms with Crippen LogP contribution in [0.5, 0.6) is 11.5 Å². The highest BCUT2D eigenvalue weighted by atomic mass is 16.5. The van der Waals surface area contributed by atoms with Crippen molar-refractivity contribution in [2.45, 2.75) is 112 Å². The number of hydrogen-bond donors (Lipinski definition) is 0. The van der Waals surface area contributed by atoms with Crippen molar-refractivity contribution in [2.75, 3.05) is 13.2 Å². The second-order valence-corrected chi connectivity index (χ2v) is 12.0. The first kappa shape index (κ1) is 28.7. The number of benzene rings is 1. The van der Waals surface area contributed by atoms with Gasteiger partial charge in [0, 0.05) is 5.56 Å². The zero-order valence-corrected chi connectivity index (χ0v) is 23.2. The Morgan fingerprint density at radius 2 is 1.68 bits per heavy atom. The highest BCUT2D eigenvalue weighted by Gasteiger charge is 2.28. The standard InChI is InChI=1S/C31H52O3/c1-22(2)10-8-12-25(7)14-16-33-30-20-29-28(24(5)6)18-26(13-9-11-23(3)4)15-17-34-31(29)19-27(30)21-32/h19-26,28H,8-18H2,1-7H3. The van der Waals surface area contributed by atoms with E-state index in [1.807, 2.05) is 6.07 Å². The summed E-state index contributed by atoms with van der Waals surface area (Å²) in [5.74, 6) is 5.44. The molecule has 1 aliphatic rings. The molecule has 1 aromatic rings. The summed E-state index contributed by atoms with van der Waals surface area (Å²) >= 11 is 0. The minimum absolute atomic E-state index is 0.428. The van der Waals surface area contributed by atoms with Crippen molar-refractivity contribution >= 4 is 6.29 Å². The third kappa shape index (κ3) is 9.62. The largest absolute Gasteiger partial charge is 0.493 e. The minimum atomic E-state index is 0.428. The van der Waals surface area contributed by atoms with E-state index in [0.29, 0.717) is 35.8 Å². The number of hydrogen-bond acceptors (Lipinski definition) is 3. The van der Waals surface area contributed by atoms with E-state index < -0.39 is 0 Å². The summed E-state index contributed by atoms with van der Waals surface area (Å²) in [6.07, 6.45) is 11.9. The zero-order chi connectivity index (χ0) is 25.1. The van der Waals surface area contributed by atoms with E-state index in [9.17, 15) is 4.79 Å². The second-order valence-electron chi connectivity index (χ2n) is 12.0. The summed E-state index contributed by atoms with van der Waals surface area (Å²) in [5.41, 5.74) is 1.84. The topological polar surface area (TPSA) is 35.5 Å². The molecule has 1 heterocycles. The van der Waals surface area contributed by atoms with Gasteiger partial charge in [-0.25, -0.2) is 0 Å². The number of ether oxygens (including phenoxy) is 2. The molecule has 0 saturated carbocycles. The summed E-state index contributed by atoms with van der Waals surface area (Å²) in [6.45, 7) is 17.5. The normalized spacial score (nSPS) is 19.5. The number of carbonyl (C=O) groups excluding carboxylic acids is 1. The smallest absolute Gasteiger partial charge is 0.153 e. The Balaban J connectivity index is 2.10. The molecule has 0 aromatic heterocycles. The molecule has 0 fully saturated rings. The van der Waals surface area contributed by atoms with Crippen LogP contribution in [0, 0.1) is 29.6 Å². The van der Waals surface area contributed by atoms with Crippen molar-refractivity contribution in [2.24, 2.45) is 29.6 Å². The van der Waals surface area contributed by atoms with Crippen molar-refractivity contribution in [1.82, 2.24) is 0 Å². The van der Waals surface area contributed by atoms with Crippen LogP contribution in [0.4, 0.5) is 0 Å². The van der Waals surface area contributed by atoms with E-state index in [2.05, 4.69) is 54.5 Å². The summed E-state index contributed by atoms with van der Waals surface area (Å²) < 4.78 is 12.5. The van der Waals surface area contributed by atoms with Crippen LogP contribution < -0.4 is 9.47 Å². The molecule has 2 rings (SSSR count). The lowest BCUT2D eigenvalue weighted by molar-refractivity contribution is 0.111. The van der Waals surface area contributed by atoms with Crippen LogP contribution in [0.1, 0.15) is 128 Å². The molecule has 0 bridgehead atoms. The first-order valence-electron chi connectivity index (χ1n) is 14.1. The van der Waals surface area contributed by atoms with Gasteiger partial charge in [-0.1, -0.05) is 87.0 Å².